The highest BCUT2D eigenvalue weighted by molar-refractivity contribution is 5.96. The highest BCUT2D eigenvalue weighted by atomic mass is 35.5. The molecule has 5 nitrogen and oxygen atoms in total. The first-order chi connectivity index (χ1) is 16.5. The van der Waals surface area contributed by atoms with Gasteiger partial charge in [-0.25, -0.2) is 8.78 Å². The Hall–Kier alpha value is -2.64. The van der Waals surface area contributed by atoms with Crippen molar-refractivity contribution in [1.82, 2.24) is 15.2 Å². The summed E-state index contributed by atoms with van der Waals surface area (Å²) in [4.78, 5) is 18.3. The second kappa shape index (κ2) is 11.0. The van der Waals surface area contributed by atoms with E-state index in [4.69, 9.17) is 4.74 Å². The number of aromatic nitrogens is 1. The Kier molecular flexibility index (Phi) is 7.97. The Morgan fingerprint density at radius 1 is 1.20 bits per heavy atom. The Morgan fingerprint density at radius 3 is 2.77 bits per heavy atom. The normalized spacial score (nSPS) is 17.4. The van der Waals surface area contributed by atoms with Crippen molar-refractivity contribution in [3.05, 3.63) is 64.9 Å². The number of carbonyl (C=O) groups is 1. The molecule has 2 aliphatic rings. The van der Waals surface area contributed by atoms with Crippen LogP contribution in [0.5, 0.6) is 5.75 Å². The summed E-state index contributed by atoms with van der Waals surface area (Å²) in [5.74, 6) is -0.611. The summed E-state index contributed by atoms with van der Waals surface area (Å²) in [6, 6.07) is 8.29. The van der Waals surface area contributed by atoms with Crippen molar-refractivity contribution >= 4 is 29.2 Å². The molecule has 1 fully saturated rings. The third-order valence-electron chi connectivity index (χ3n) is 7.26. The van der Waals surface area contributed by atoms with E-state index in [1.807, 2.05) is 13.1 Å². The average Bonchev–Trinajstić information content (AvgIpc) is 3.19. The monoisotopic (exact) mass is 503 g/mol. The Bertz CT molecular complexity index is 1190. The van der Waals surface area contributed by atoms with Gasteiger partial charge in [0, 0.05) is 46.9 Å². The minimum atomic E-state index is -0.414. The number of ether oxygens (including phenoxy) is 1. The number of carbonyl (C=O) groups excluding carboxylic acids is 1. The van der Waals surface area contributed by atoms with Crippen LogP contribution >= 0.6 is 12.4 Å². The van der Waals surface area contributed by atoms with Crippen molar-refractivity contribution in [2.75, 3.05) is 19.7 Å². The van der Waals surface area contributed by atoms with Crippen molar-refractivity contribution in [2.24, 2.45) is 0 Å². The maximum absolute atomic E-state index is 14.5. The average molecular weight is 504 g/mol. The van der Waals surface area contributed by atoms with E-state index in [9.17, 15) is 13.6 Å². The van der Waals surface area contributed by atoms with Gasteiger partial charge < -0.3 is 15.0 Å². The second-order valence-electron chi connectivity index (χ2n) is 9.36. The quantitative estimate of drug-likeness (QED) is 0.432. The van der Waals surface area contributed by atoms with Crippen LogP contribution in [0.25, 0.3) is 10.9 Å². The first-order valence-electron chi connectivity index (χ1n) is 12.3. The van der Waals surface area contributed by atoms with Crippen LogP contribution in [0.4, 0.5) is 8.78 Å². The first kappa shape index (κ1) is 25.5. The van der Waals surface area contributed by atoms with E-state index in [1.54, 1.807) is 18.2 Å². The van der Waals surface area contributed by atoms with Crippen molar-refractivity contribution in [3.63, 3.8) is 0 Å². The molecule has 1 unspecified atom stereocenters. The summed E-state index contributed by atoms with van der Waals surface area (Å²) >= 11 is 0. The number of fused-ring (bicyclic) bond motifs is 2. The molecule has 1 saturated carbocycles. The molecule has 2 heterocycles. The van der Waals surface area contributed by atoms with Gasteiger partial charge in [-0.1, -0.05) is 6.42 Å². The second-order valence-corrected chi connectivity index (χ2v) is 9.36. The molecule has 1 aliphatic carbocycles. The Balaban J connectivity index is 0.00000289. The van der Waals surface area contributed by atoms with Gasteiger partial charge in [-0.05, 0) is 81.5 Å². The summed E-state index contributed by atoms with van der Waals surface area (Å²) in [5.41, 5.74) is 3.23. The van der Waals surface area contributed by atoms with E-state index in [0.29, 0.717) is 36.7 Å². The van der Waals surface area contributed by atoms with Crippen molar-refractivity contribution in [3.8, 4) is 5.75 Å². The zero-order valence-electron chi connectivity index (χ0n) is 19.9. The Labute approximate surface area is 210 Å². The summed E-state index contributed by atoms with van der Waals surface area (Å²) in [6.07, 6.45) is 7.84. The van der Waals surface area contributed by atoms with Crippen LogP contribution < -0.4 is 10.1 Å². The highest BCUT2D eigenvalue weighted by Crippen LogP contribution is 2.35. The van der Waals surface area contributed by atoms with Crippen molar-refractivity contribution < 1.29 is 18.3 Å². The van der Waals surface area contributed by atoms with E-state index in [-0.39, 0.29) is 35.9 Å². The third kappa shape index (κ3) is 5.16. The number of amides is 1. The molecule has 2 N–H and O–H groups in total. The smallest absolute Gasteiger partial charge is 0.251 e. The van der Waals surface area contributed by atoms with E-state index < -0.39 is 5.82 Å². The predicted molar refractivity (Wildman–Crippen MR) is 136 cm³/mol. The fourth-order valence-corrected chi connectivity index (χ4v) is 5.30. The zero-order chi connectivity index (χ0) is 23.7. The Morgan fingerprint density at radius 2 is 2.03 bits per heavy atom. The minimum Gasteiger partial charge on any atom is -0.489 e. The molecule has 0 saturated heterocycles. The fraction of sp³-hybridized carbons (Fsp3) is 0.444. The number of halogens is 3. The van der Waals surface area contributed by atoms with E-state index in [0.717, 1.165) is 48.7 Å². The summed E-state index contributed by atoms with van der Waals surface area (Å²) in [7, 11) is 0. The predicted octanol–water partition coefficient (Wildman–Crippen LogP) is 5.41. The fourth-order valence-electron chi connectivity index (χ4n) is 5.30. The van der Waals surface area contributed by atoms with Gasteiger partial charge in [0.2, 0.25) is 0 Å². The molecule has 188 valence electrons. The van der Waals surface area contributed by atoms with Crippen LogP contribution in [0.1, 0.15) is 54.1 Å². The van der Waals surface area contributed by atoms with Crippen LogP contribution in [-0.2, 0) is 12.8 Å². The number of aromatic amines is 1. The number of rotatable bonds is 8. The standard InChI is InChI=1S/C27H31F2N3O2.ClH/c1-2-30-27(33)21-9-10-24(29)26-23(21)14-20(16-34-26)32(19-6-3-7-19)12-4-5-17-15-31-25-11-8-18(28)13-22(17)25;/h8-11,13,15,19-20,31H,2-7,12,14,16H2,1H3,(H,30,33);1H. The molecule has 8 heteroatoms. The largest absolute Gasteiger partial charge is 0.489 e. The molecular formula is C27H32ClF2N3O2. The topological polar surface area (TPSA) is 57.4 Å². The molecule has 0 radical (unpaired) electrons. The van der Waals surface area contributed by atoms with Crippen molar-refractivity contribution in [1.29, 1.82) is 0 Å². The molecule has 2 aromatic carbocycles. The minimum absolute atomic E-state index is 0. The number of benzene rings is 2. The third-order valence-corrected chi connectivity index (χ3v) is 7.26. The van der Waals surface area contributed by atoms with E-state index in [2.05, 4.69) is 15.2 Å². The first-order valence-corrected chi connectivity index (χ1v) is 12.3. The number of hydrogen-bond acceptors (Lipinski definition) is 3. The van der Waals surface area contributed by atoms with E-state index >= 15 is 0 Å². The molecule has 1 aliphatic heterocycles. The lowest BCUT2D eigenvalue weighted by atomic mass is 9.87. The number of nitrogens with one attached hydrogen (secondary N) is 2. The molecule has 1 aromatic heterocycles. The molecule has 0 bridgehead atoms. The van der Waals surface area contributed by atoms with Gasteiger partial charge in [-0.15, -0.1) is 12.4 Å². The molecular weight excluding hydrogens is 472 g/mol. The lowest BCUT2D eigenvalue weighted by molar-refractivity contribution is 0.0421. The highest BCUT2D eigenvalue weighted by Gasteiger charge is 2.35. The lowest BCUT2D eigenvalue weighted by Gasteiger charge is -2.44. The zero-order valence-corrected chi connectivity index (χ0v) is 20.7. The van der Waals surface area contributed by atoms with Gasteiger partial charge >= 0.3 is 0 Å². The number of aryl methyl sites for hydroxylation is 1. The lowest BCUT2D eigenvalue weighted by Crippen LogP contribution is -2.51. The van der Waals surface area contributed by atoms with Crippen LogP contribution in [0.15, 0.2) is 36.5 Å². The van der Waals surface area contributed by atoms with Gasteiger partial charge in [0.15, 0.2) is 11.6 Å². The maximum Gasteiger partial charge on any atom is 0.251 e. The SMILES string of the molecule is CCNC(=O)c1ccc(F)c2c1CC(N(CCCc1c[nH]c3ccc(F)cc13)C1CCC1)CO2.Cl. The number of H-pyrrole nitrogens is 1. The van der Waals surface area contributed by atoms with Gasteiger partial charge in [0.25, 0.3) is 5.91 Å². The maximum atomic E-state index is 14.5. The van der Waals surface area contributed by atoms with Gasteiger partial charge in [-0.3, -0.25) is 9.69 Å². The molecule has 5 rings (SSSR count). The van der Waals surface area contributed by atoms with Crippen LogP contribution in [-0.4, -0.2) is 47.6 Å². The van der Waals surface area contributed by atoms with Gasteiger partial charge in [0.05, 0.1) is 0 Å². The molecule has 1 atom stereocenters. The molecule has 3 aromatic rings. The summed E-state index contributed by atoms with van der Waals surface area (Å²) in [6.45, 7) is 3.67. The van der Waals surface area contributed by atoms with Crippen LogP contribution in [0.3, 0.4) is 0 Å². The molecule has 35 heavy (non-hydrogen) atoms. The van der Waals surface area contributed by atoms with Crippen LogP contribution in [0.2, 0.25) is 0 Å². The van der Waals surface area contributed by atoms with Gasteiger partial charge in [0.1, 0.15) is 12.4 Å². The number of hydrogen-bond donors (Lipinski definition) is 2. The van der Waals surface area contributed by atoms with Crippen LogP contribution in [0, 0.1) is 11.6 Å². The number of nitrogens with zero attached hydrogens (tertiary/aromatic N) is 1. The van der Waals surface area contributed by atoms with E-state index in [1.165, 1.54) is 18.6 Å². The van der Waals surface area contributed by atoms with Crippen molar-refractivity contribution in [2.45, 2.75) is 57.5 Å². The summed E-state index contributed by atoms with van der Waals surface area (Å²) < 4.78 is 34.1. The molecule has 0 spiro atoms. The van der Waals surface area contributed by atoms with Gasteiger partial charge in [-0.2, -0.15) is 0 Å². The summed E-state index contributed by atoms with van der Waals surface area (Å²) in [5, 5.41) is 3.77. The molecule has 1 amide bonds.